The lowest BCUT2D eigenvalue weighted by Gasteiger charge is -1.97. The van der Waals surface area contributed by atoms with Gasteiger partial charge in [0.25, 0.3) is 0 Å². The maximum atomic E-state index is 10.3. The monoisotopic (exact) mass is 152 g/mol. The zero-order chi connectivity index (χ0) is 7.11. The van der Waals surface area contributed by atoms with E-state index in [4.69, 9.17) is 8.92 Å². The molecule has 0 amide bonds. The van der Waals surface area contributed by atoms with E-state index in [1.807, 2.05) is 0 Å². The van der Waals surface area contributed by atoms with Gasteiger partial charge in [0.2, 0.25) is 0 Å². The van der Waals surface area contributed by atoms with E-state index in [2.05, 4.69) is 0 Å². The van der Waals surface area contributed by atoms with Crippen molar-refractivity contribution in [3.05, 3.63) is 0 Å². The summed E-state index contributed by atoms with van der Waals surface area (Å²) in [6.07, 6.45) is 2.31. The molecular formula is C5H12O3S. The molecule has 0 aliphatic heterocycles. The first kappa shape index (κ1) is 9.07. The first-order valence-electron chi connectivity index (χ1n) is 2.73. The molecule has 56 valence electrons. The molecule has 0 N–H and O–H groups in total. The van der Waals surface area contributed by atoms with Crippen LogP contribution in [0.4, 0.5) is 0 Å². The van der Waals surface area contributed by atoms with E-state index in [-0.39, 0.29) is 0 Å². The SMILES string of the molecule is COCCCOS(C)=O. The lowest BCUT2D eigenvalue weighted by molar-refractivity contribution is 0.176. The Hall–Kier alpha value is 0.0700. The first-order valence-corrected chi connectivity index (χ1v) is 4.21. The maximum absolute atomic E-state index is 10.3. The summed E-state index contributed by atoms with van der Waals surface area (Å²) in [6.45, 7) is 1.17. The molecule has 0 heterocycles. The van der Waals surface area contributed by atoms with E-state index in [0.717, 1.165) is 6.42 Å². The normalized spacial score (nSPS) is 13.6. The van der Waals surface area contributed by atoms with Crippen molar-refractivity contribution in [2.45, 2.75) is 6.42 Å². The molecule has 0 saturated carbocycles. The highest BCUT2D eigenvalue weighted by atomic mass is 32.2. The van der Waals surface area contributed by atoms with Crippen LogP contribution in [0.5, 0.6) is 0 Å². The highest BCUT2D eigenvalue weighted by molar-refractivity contribution is 7.79. The van der Waals surface area contributed by atoms with Crippen molar-refractivity contribution < 1.29 is 13.1 Å². The van der Waals surface area contributed by atoms with E-state index in [0.29, 0.717) is 13.2 Å². The molecule has 9 heavy (non-hydrogen) atoms. The van der Waals surface area contributed by atoms with Gasteiger partial charge < -0.3 is 4.74 Å². The minimum atomic E-state index is -1.12. The molecule has 0 bridgehead atoms. The Labute approximate surface area is 58.0 Å². The molecule has 0 saturated heterocycles. The smallest absolute Gasteiger partial charge is 0.152 e. The van der Waals surface area contributed by atoms with Crippen LogP contribution < -0.4 is 0 Å². The minimum absolute atomic E-state index is 0.511. The summed E-state index contributed by atoms with van der Waals surface area (Å²) in [6, 6.07) is 0. The average molecular weight is 152 g/mol. The van der Waals surface area contributed by atoms with Crippen molar-refractivity contribution in [2.75, 3.05) is 26.6 Å². The summed E-state index contributed by atoms with van der Waals surface area (Å²) in [4.78, 5) is 0. The van der Waals surface area contributed by atoms with Gasteiger partial charge in [-0.05, 0) is 6.42 Å². The van der Waals surface area contributed by atoms with Gasteiger partial charge in [-0.25, -0.2) is 4.21 Å². The molecule has 0 fully saturated rings. The van der Waals surface area contributed by atoms with Crippen LogP contribution in [0.15, 0.2) is 0 Å². The predicted molar refractivity (Wildman–Crippen MR) is 36.5 cm³/mol. The number of hydrogen-bond donors (Lipinski definition) is 0. The van der Waals surface area contributed by atoms with Gasteiger partial charge in [-0.2, -0.15) is 0 Å². The van der Waals surface area contributed by atoms with Crippen molar-refractivity contribution in [3.8, 4) is 0 Å². The molecule has 0 aromatic heterocycles. The molecule has 0 radical (unpaired) electrons. The Morgan fingerprint density at radius 2 is 2.11 bits per heavy atom. The second kappa shape index (κ2) is 6.19. The highest BCUT2D eigenvalue weighted by Crippen LogP contribution is 1.84. The van der Waals surface area contributed by atoms with Crippen molar-refractivity contribution in [1.29, 1.82) is 0 Å². The number of methoxy groups -OCH3 is 1. The summed E-state index contributed by atoms with van der Waals surface area (Å²) in [7, 11) is 1.63. The summed E-state index contributed by atoms with van der Waals surface area (Å²) in [5, 5.41) is 0. The Morgan fingerprint density at radius 1 is 1.44 bits per heavy atom. The lowest BCUT2D eigenvalue weighted by Crippen LogP contribution is -1.99. The number of rotatable bonds is 5. The largest absolute Gasteiger partial charge is 0.385 e. The van der Waals surface area contributed by atoms with Crippen LogP contribution in [0.1, 0.15) is 6.42 Å². The predicted octanol–water partition coefficient (Wildman–Crippen LogP) is 0.333. The molecule has 3 nitrogen and oxygen atoms in total. The third-order valence-electron chi connectivity index (χ3n) is 0.742. The fourth-order valence-corrected chi connectivity index (χ4v) is 0.732. The summed E-state index contributed by atoms with van der Waals surface area (Å²) in [5.74, 6) is 0. The third-order valence-corrected chi connectivity index (χ3v) is 1.24. The van der Waals surface area contributed by atoms with Crippen LogP contribution >= 0.6 is 0 Å². The van der Waals surface area contributed by atoms with Gasteiger partial charge in [-0.1, -0.05) is 0 Å². The molecule has 4 heteroatoms. The quantitative estimate of drug-likeness (QED) is 0.533. The molecule has 0 spiro atoms. The topological polar surface area (TPSA) is 35.5 Å². The van der Waals surface area contributed by atoms with Gasteiger partial charge >= 0.3 is 0 Å². The van der Waals surface area contributed by atoms with Crippen molar-refractivity contribution in [3.63, 3.8) is 0 Å². The Balaban J connectivity index is 2.83. The standard InChI is InChI=1S/C5H12O3S/c1-7-4-3-5-8-9(2)6/h3-5H2,1-2H3. The van der Waals surface area contributed by atoms with Gasteiger partial charge in [-0.3, -0.25) is 4.18 Å². The molecule has 0 aliphatic carbocycles. The highest BCUT2D eigenvalue weighted by Gasteiger charge is 1.89. The van der Waals surface area contributed by atoms with Crippen LogP contribution in [0, 0.1) is 0 Å². The van der Waals surface area contributed by atoms with E-state index in [1.54, 1.807) is 7.11 Å². The van der Waals surface area contributed by atoms with Gasteiger partial charge in [0.05, 0.1) is 6.61 Å². The van der Waals surface area contributed by atoms with Gasteiger partial charge in [0.15, 0.2) is 11.1 Å². The Morgan fingerprint density at radius 3 is 2.56 bits per heavy atom. The molecule has 0 rings (SSSR count). The van der Waals surface area contributed by atoms with Crippen molar-refractivity contribution >= 4 is 11.1 Å². The summed E-state index contributed by atoms with van der Waals surface area (Å²) in [5.41, 5.74) is 0. The van der Waals surface area contributed by atoms with Crippen LogP contribution in [-0.2, 0) is 20.0 Å². The molecule has 0 aromatic rings. The second-order valence-corrected chi connectivity index (χ2v) is 2.61. The van der Waals surface area contributed by atoms with E-state index in [1.165, 1.54) is 6.26 Å². The zero-order valence-corrected chi connectivity index (χ0v) is 6.57. The number of hydrogen-bond acceptors (Lipinski definition) is 3. The van der Waals surface area contributed by atoms with Gasteiger partial charge in [0.1, 0.15) is 0 Å². The minimum Gasteiger partial charge on any atom is -0.385 e. The lowest BCUT2D eigenvalue weighted by atomic mass is 10.5. The van der Waals surface area contributed by atoms with E-state index in [9.17, 15) is 4.21 Å². The third kappa shape index (κ3) is 8.07. The molecule has 0 aliphatic rings. The summed E-state index contributed by atoms with van der Waals surface area (Å²) < 4.78 is 19.7. The zero-order valence-electron chi connectivity index (χ0n) is 5.75. The van der Waals surface area contributed by atoms with Crippen LogP contribution in [0.2, 0.25) is 0 Å². The average Bonchev–Trinajstić information content (AvgIpc) is 1.80. The van der Waals surface area contributed by atoms with Crippen molar-refractivity contribution in [2.24, 2.45) is 0 Å². The van der Waals surface area contributed by atoms with Crippen LogP contribution in [0.3, 0.4) is 0 Å². The van der Waals surface area contributed by atoms with E-state index < -0.39 is 11.1 Å². The van der Waals surface area contributed by atoms with Crippen LogP contribution in [0.25, 0.3) is 0 Å². The van der Waals surface area contributed by atoms with E-state index >= 15 is 0 Å². The first-order chi connectivity index (χ1) is 4.27. The molecular weight excluding hydrogens is 140 g/mol. The fraction of sp³-hybridized carbons (Fsp3) is 1.00. The summed E-state index contributed by atoms with van der Waals surface area (Å²) >= 11 is -1.12. The second-order valence-electron chi connectivity index (χ2n) is 1.57. The fourth-order valence-electron chi connectivity index (χ4n) is 0.380. The molecule has 1 atom stereocenters. The Kier molecular flexibility index (Phi) is 6.24. The Bertz CT molecular complexity index is 84.3. The van der Waals surface area contributed by atoms with Gasteiger partial charge in [-0.15, -0.1) is 0 Å². The van der Waals surface area contributed by atoms with Crippen molar-refractivity contribution in [1.82, 2.24) is 0 Å². The van der Waals surface area contributed by atoms with Crippen LogP contribution in [-0.4, -0.2) is 30.8 Å². The molecule has 0 aromatic carbocycles. The van der Waals surface area contributed by atoms with Gasteiger partial charge in [0, 0.05) is 20.0 Å². The molecule has 1 unspecified atom stereocenters. The maximum Gasteiger partial charge on any atom is 0.152 e. The number of ether oxygens (including phenoxy) is 1.